The molecule has 1 aliphatic heterocycles. The van der Waals surface area contributed by atoms with Crippen molar-refractivity contribution < 1.29 is 18.0 Å². The highest BCUT2D eigenvalue weighted by Crippen LogP contribution is 2.19. The third kappa shape index (κ3) is 6.12. The van der Waals surface area contributed by atoms with Crippen LogP contribution in [0.25, 0.3) is 0 Å². The van der Waals surface area contributed by atoms with E-state index in [1.165, 1.54) is 5.56 Å². The molecule has 1 aromatic rings. The van der Waals surface area contributed by atoms with Gasteiger partial charge in [0.15, 0.2) is 16.4 Å². The minimum Gasteiger partial charge on any atom is -0.386 e. The first-order valence-corrected chi connectivity index (χ1v) is 10.9. The summed E-state index contributed by atoms with van der Waals surface area (Å²) in [5.41, 5.74) is 2.14. The van der Waals surface area contributed by atoms with E-state index in [4.69, 9.17) is 4.84 Å². The van der Waals surface area contributed by atoms with Gasteiger partial charge in [0.05, 0.1) is 17.7 Å². The number of sulfone groups is 1. The Balaban J connectivity index is 1.90. The number of aryl methyl sites for hydroxylation is 1. The number of oxime groups is 1. The number of hydrogen-bond acceptors (Lipinski definition) is 5. The van der Waals surface area contributed by atoms with Crippen molar-refractivity contribution in [3.05, 3.63) is 35.4 Å². The minimum absolute atomic E-state index is 0.0402. The van der Waals surface area contributed by atoms with Crippen LogP contribution >= 0.6 is 0 Å². The first-order valence-electron chi connectivity index (χ1n) is 9.05. The number of amides is 1. The molecule has 0 unspecified atom stereocenters. The first-order chi connectivity index (χ1) is 12.3. The molecule has 0 aromatic heterocycles. The Morgan fingerprint density at radius 2 is 2.04 bits per heavy atom. The third-order valence-corrected chi connectivity index (χ3v) is 6.13. The summed E-state index contributed by atoms with van der Waals surface area (Å²) in [6.07, 6.45) is 3.04. The SMILES string of the molecule is CCc1ccc(/C=N\OCC(=O)N(CC(C)C)[C@@H]2CCS(=O)(=O)C2)cc1. The van der Waals surface area contributed by atoms with Crippen LogP contribution in [0.5, 0.6) is 0 Å². The topological polar surface area (TPSA) is 76.0 Å². The minimum atomic E-state index is -3.04. The van der Waals surface area contributed by atoms with Crippen molar-refractivity contribution in [2.75, 3.05) is 24.7 Å². The van der Waals surface area contributed by atoms with E-state index in [0.717, 1.165) is 12.0 Å². The van der Waals surface area contributed by atoms with Gasteiger partial charge in [-0.1, -0.05) is 50.2 Å². The van der Waals surface area contributed by atoms with Crippen molar-refractivity contribution in [3.63, 3.8) is 0 Å². The molecular weight excluding hydrogens is 352 g/mol. The Hall–Kier alpha value is -1.89. The molecule has 1 heterocycles. The normalized spacial score (nSPS) is 19.2. The van der Waals surface area contributed by atoms with Gasteiger partial charge in [-0.2, -0.15) is 0 Å². The van der Waals surface area contributed by atoms with Gasteiger partial charge >= 0.3 is 0 Å². The van der Waals surface area contributed by atoms with E-state index in [0.29, 0.717) is 13.0 Å². The molecule has 0 bridgehead atoms. The summed E-state index contributed by atoms with van der Waals surface area (Å²) in [5, 5.41) is 3.86. The van der Waals surface area contributed by atoms with Crippen molar-refractivity contribution in [2.45, 2.75) is 39.7 Å². The molecule has 0 spiro atoms. The molecule has 144 valence electrons. The molecule has 1 amide bonds. The maximum atomic E-state index is 12.5. The predicted molar refractivity (Wildman–Crippen MR) is 103 cm³/mol. The number of nitrogens with zero attached hydrogens (tertiary/aromatic N) is 2. The van der Waals surface area contributed by atoms with Crippen molar-refractivity contribution in [1.29, 1.82) is 0 Å². The first kappa shape index (κ1) is 20.4. The van der Waals surface area contributed by atoms with Crippen LogP contribution in [0.3, 0.4) is 0 Å². The molecule has 7 heteroatoms. The van der Waals surface area contributed by atoms with E-state index in [9.17, 15) is 13.2 Å². The third-order valence-electron chi connectivity index (χ3n) is 4.38. The molecular formula is C19H28N2O4S. The Bertz CT molecular complexity index is 726. The van der Waals surface area contributed by atoms with E-state index in [2.05, 4.69) is 12.1 Å². The predicted octanol–water partition coefficient (Wildman–Crippen LogP) is 2.27. The lowest BCUT2D eigenvalue weighted by molar-refractivity contribution is -0.138. The average Bonchev–Trinajstić information content (AvgIpc) is 2.96. The number of carbonyl (C=O) groups excluding carboxylic acids is 1. The lowest BCUT2D eigenvalue weighted by atomic mass is 10.1. The van der Waals surface area contributed by atoms with Gasteiger partial charge in [0.1, 0.15) is 0 Å². The van der Waals surface area contributed by atoms with E-state index in [1.807, 2.05) is 38.1 Å². The van der Waals surface area contributed by atoms with Gasteiger partial charge in [0.25, 0.3) is 5.91 Å². The largest absolute Gasteiger partial charge is 0.386 e. The zero-order chi connectivity index (χ0) is 19.2. The molecule has 26 heavy (non-hydrogen) atoms. The van der Waals surface area contributed by atoms with Crippen molar-refractivity contribution in [2.24, 2.45) is 11.1 Å². The summed E-state index contributed by atoms with van der Waals surface area (Å²) in [4.78, 5) is 19.3. The Kier molecular flexibility index (Phi) is 7.20. The average molecular weight is 381 g/mol. The van der Waals surface area contributed by atoms with Crippen LogP contribution in [0.1, 0.15) is 38.3 Å². The number of benzene rings is 1. The highest BCUT2D eigenvalue weighted by molar-refractivity contribution is 7.91. The molecule has 6 nitrogen and oxygen atoms in total. The highest BCUT2D eigenvalue weighted by atomic mass is 32.2. The van der Waals surface area contributed by atoms with Gasteiger partial charge in [0.2, 0.25) is 0 Å². The van der Waals surface area contributed by atoms with E-state index in [1.54, 1.807) is 11.1 Å². The smallest absolute Gasteiger partial charge is 0.263 e. The standard InChI is InChI=1S/C19H28N2O4S/c1-4-16-5-7-17(8-6-16)11-20-25-13-19(22)21(12-15(2)3)18-9-10-26(23,24)14-18/h5-8,11,15,18H,4,9-10,12-14H2,1-3H3/b20-11-/t18-/m1/s1. The fraction of sp³-hybridized carbons (Fsp3) is 0.579. The van der Waals surface area contributed by atoms with Crippen LogP contribution in [0.2, 0.25) is 0 Å². The molecule has 1 aromatic carbocycles. The van der Waals surface area contributed by atoms with E-state index in [-0.39, 0.29) is 36.0 Å². The van der Waals surface area contributed by atoms with Crippen LogP contribution < -0.4 is 0 Å². The molecule has 2 rings (SSSR count). The second-order valence-corrected chi connectivity index (χ2v) is 9.33. The molecule has 0 radical (unpaired) electrons. The van der Waals surface area contributed by atoms with Crippen LogP contribution in [0, 0.1) is 5.92 Å². The lowest BCUT2D eigenvalue weighted by Gasteiger charge is -2.29. The van der Waals surface area contributed by atoms with Gasteiger partial charge in [-0.15, -0.1) is 0 Å². The molecule has 0 aliphatic carbocycles. The molecule has 0 N–H and O–H groups in total. The van der Waals surface area contributed by atoms with Crippen LogP contribution in [0.15, 0.2) is 29.4 Å². The summed E-state index contributed by atoms with van der Waals surface area (Å²) in [6, 6.07) is 7.68. The second kappa shape index (κ2) is 9.16. The summed E-state index contributed by atoms with van der Waals surface area (Å²) in [7, 11) is -3.04. The summed E-state index contributed by atoms with van der Waals surface area (Å²) < 4.78 is 23.4. The Morgan fingerprint density at radius 3 is 2.58 bits per heavy atom. The quantitative estimate of drug-likeness (QED) is 0.512. The number of hydrogen-bond donors (Lipinski definition) is 0. The zero-order valence-electron chi connectivity index (χ0n) is 15.7. The summed E-state index contributed by atoms with van der Waals surface area (Å²) >= 11 is 0. The maximum absolute atomic E-state index is 12.5. The van der Waals surface area contributed by atoms with E-state index < -0.39 is 9.84 Å². The maximum Gasteiger partial charge on any atom is 0.263 e. The monoisotopic (exact) mass is 380 g/mol. The van der Waals surface area contributed by atoms with Crippen molar-refractivity contribution >= 4 is 22.0 Å². The Labute approximate surface area is 156 Å². The van der Waals surface area contributed by atoms with Gasteiger partial charge < -0.3 is 9.74 Å². The number of carbonyl (C=O) groups is 1. The molecule has 0 saturated carbocycles. The zero-order valence-corrected chi connectivity index (χ0v) is 16.5. The van der Waals surface area contributed by atoms with Gasteiger partial charge in [0, 0.05) is 12.6 Å². The second-order valence-electron chi connectivity index (χ2n) is 7.10. The van der Waals surface area contributed by atoms with Crippen molar-refractivity contribution in [3.8, 4) is 0 Å². The number of rotatable bonds is 8. The molecule has 1 saturated heterocycles. The summed E-state index contributed by atoms with van der Waals surface area (Å²) in [5.74, 6) is 0.215. The van der Waals surface area contributed by atoms with Gasteiger partial charge in [-0.25, -0.2) is 8.42 Å². The van der Waals surface area contributed by atoms with Gasteiger partial charge in [-0.3, -0.25) is 4.79 Å². The van der Waals surface area contributed by atoms with Crippen LogP contribution in [-0.2, 0) is 25.9 Å². The molecule has 1 atom stereocenters. The van der Waals surface area contributed by atoms with Gasteiger partial charge in [-0.05, 0) is 29.9 Å². The highest BCUT2D eigenvalue weighted by Gasteiger charge is 2.34. The van der Waals surface area contributed by atoms with Crippen molar-refractivity contribution in [1.82, 2.24) is 4.90 Å². The van der Waals surface area contributed by atoms with E-state index >= 15 is 0 Å². The molecule has 1 aliphatic rings. The van der Waals surface area contributed by atoms with Crippen LogP contribution in [0.4, 0.5) is 0 Å². The Morgan fingerprint density at radius 1 is 1.35 bits per heavy atom. The fourth-order valence-electron chi connectivity index (χ4n) is 2.98. The van der Waals surface area contributed by atoms with Crippen LogP contribution in [-0.4, -0.2) is 56.1 Å². The fourth-order valence-corrected chi connectivity index (χ4v) is 4.71. The molecule has 1 fully saturated rings. The lowest BCUT2D eigenvalue weighted by Crippen LogP contribution is -2.44. The summed E-state index contributed by atoms with van der Waals surface area (Å²) in [6.45, 7) is 6.43.